The van der Waals surface area contributed by atoms with Crippen molar-refractivity contribution in [2.75, 3.05) is 18.0 Å². The molecule has 0 aliphatic heterocycles. The van der Waals surface area contributed by atoms with Gasteiger partial charge >= 0.3 is 0 Å². The van der Waals surface area contributed by atoms with Crippen molar-refractivity contribution in [2.45, 2.75) is 32.7 Å². The van der Waals surface area contributed by atoms with Crippen LogP contribution in [0.1, 0.15) is 31.7 Å². The van der Waals surface area contributed by atoms with Crippen LogP contribution in [0.3, 0.4) is 0 Å². The van der Waals surface area contributed by atoms with Gasteiger partial charge in [-0.25, -0.2) is 0 Å². The molecule has 1 aliphatic carbocycles. The summed E-state index contributed by atoms with van der Waals surface area (Å²) in [6, 6.07) is 6.52. The van der Waals surface area contributed by atoms with E-state index in [1.165, 1.54) is 37.1 Å². The number of rotatable bonds is 5. The summed E-state index contributed by atoms with van der Waals surface area (Å²) in [5.41, 5.74) is 8.16. The summed E-state index contributed by atoms with van der Waals surface area (Å²) in [5, 5.41) is 0. The Morgan fingerprint density at radius 1 is 1.41 bits per heavy atom. The minimum Gasteiger partial charge on any atom is -0.372 e. The lowest BCUT2D eigenvalue weighted by Gasteiger charge is -2.33. The highest BCUT2D eigenvalue weighted by atomic mass is 79.9. The second-order valence-corrected chi connectivity index (χ2v) is 5.67. The van der Waals surface area contributed by atoms with Crippen molar-refractivity contribution in [3.05, 3.63) is 28.2 Å². The lowest BCUT2D eigenvalue weighted by molar-refractivity contribution is 0.318. The molecule has 0 atom stereocenters. The van der Waals surface area contributed by atoms with E-state index in [4.69, 9.17) is 5.73 Å². The molecular formula is C14H21BrN2. The average Bonchev–Trinajstić information content (AvgIpc) is 2.28. The highest BCUT2D eigenvalue weighted by molar-refractivity contribution is 9.10. The van der Waals surface area contributed by atoms with Crippen molar-refractivity contribution in [3.63, 3.8) is 0 Å². The van der Waals surface area contributed by atoms with E-state index in [1.807, 2.05) is 0 Å². The predicted octanol–water partition coefficient (Wildman–Crippen LogP) is 3.53. The smallest absolute Gasteiger partial charge is 0.0377 e. The number of hydrogen-bond donors (Lipinski definition) is 1. The Hall–Kier alpha value is -0.540. The Labute approximate surface area is 112 Å². The van der Waals surface area contributed by atoms with Gasteiger partial charge in [0, 0.05) is 29.8 Å². The van der Waals surface area contributed by atoms with E-state index in [0.29, 0.717) is 6.54 Å². The lowest BCUT2D eigenvalue weighted by atomic mass is 9.85. The van der Waals surface area contributed by atoms with Gasteiger partial charge in [0.15, 0.2) is 0 Å². The summed E-state index contributed by atoms with van der Waals surface area (Å²) in [4.78, 5) is 2.47. The SMILES string of the molecule is CCN(CC1CCC1)c1ccc(CN)c(Br)c1. The van der Waals surface area contributed by atoms with E-state index in [9.17, 15) is 0 Å². The number of halogens is 1. The Kier molecular flexibility index (Phi) is 4.46. The Morgan fingerprint density at radius 3 is 2.65 bits per heavy atom. The number of nitrogens with two attached hydrogens (primary N) is 1. The molecule has 2 N–H and O–H groups in total. The largest absolute Gasteiger partial charge is 0.372 e. The summed E-state index contributed by atoms with van der Waals surface area (Å²) in [5.74, 6) is 0.905. The highest BCUT2D eigenvalue weighted by Crippen LogP contribution is 2.30. The van der Waals surface area contributed by atoms with Gasteiger partial charge in [-0.15, -0.1) is 0 Å². The zero-order chi connectivity index (χ0) is 12.3. The zero-order valence-electron chi connectivity index (χ0n) is 10.5. The van der Waals surface area contributed by atoms with E-state index in [1.54, 1.807) is 0 Å². The first-order valence-corrected chi connectivity index (χ1v) is 7.27. The molecule has 0 radical (unpaired) electrons. The quantitative estimate of drug-likeness (QED) is 0.901. The highest BCUT2D eigenvalue weighted by Gasteiger charge is 2.20. The number of hydrogen-bond acceptors (Lipinski definition) is 2. The average molecular weight is 297 g/mol. The molecule has 0 heterocycles. The molecule has 1 saturated carbocycles. The first-order chi connectivity index (χ1) is 8.24. The van der Waals surface area contributed by atoms with E-state index in [0.717, 1.165) is 16.9 Å². The van der Waals surface area contributed by atoms with Gasteiger partial charge in [-0.3, -0.25) is 0 Å². The number of anilines is 1. The standard InChI is InChI=1S/C14H21BrN2/c1-2-17(10-11-4-3-5-11)13-7-6-12(9-16)14(15)8-13/h6-8,11H,2-5,9-10,16H2,1H3. The maximum Gasteiger partial charge on any atom is 0.0377 e. The van der Waals surface area contributed by atoms with Gasteiger partial charge in [-0.1, -0.05) is 28.4 Å². The van der Waals surface area contributed by atoms with Crippen LogP contribution in [0.25, 0.3) is 0 Å². The summed E-state index contributed by atoms with van der Waals surface area (Å²) in [6.07, 6.45) is 4.22. The van der Waals surface area contributed by atoms with Crippen molar-refractivity contribution in [2.24, 2.45) is 11.7 Å². The van der Waals surface area contributed by atoms with Crippen molar-refractivity contribution < 1.29 is 0 Å². The molecule has 0 saturated heterocycles. The third-order valence-electron chi connectivity index (χ3n) is 3.71. The summed E-state index contributed by atoms with van der Waals surface area (Å²) in [7, 11) is 0. The molecule has 1 aromatic carbocycles. The van der Waals surface area contributed by atoms with Crippen LogP contribution in [-0.4, -0.2) is 13.1 Å². The molecule has 0 bridgehead atoms. The zero-order valence-corrected chi connectivity index (χ0v) is 12.0. The van der Waals surface area contributed by atoms with Crippen LogP contribution in [0.4, 0.5) is 5.69 Å². The first-order valence-electron chi connectivity index (χ1n) is 6.48. The Bertz CT molecular complexity index is 374. The van der Waals surface area contributed by atoms with Gasteiger partial charge < -0.3 is 10.6 Å². The van der Waals surface area contributed by atoms with Gasteiger partial charge in [0.05, 0.1) is 0 Å². The molecular weight excluding hydrogens is 276 g/mol. The minimum absolute atomic E-state index is 0.593. The van der Waals surface area contributed by atoms with Gasteiger partial charge in [-0.05, 0) is 43.4 Å². The fourth-order valence-electron chi connectivity index (χ4n) is 2.30. The Morgan fingerprint density at radius 2 is 2.18 bits per heavy atom. The monoisotopic (exact) mass is 296 g/mol. The molecule has 1 fully saturated rings. The normalized spacial score (nSPS) is 15.7. The van der Waals surface area contributed by atoms with Crippen LogP contribution in [0, 0.1) is 5.92 Å². The van der Waals surface area contributed by atoms with Crippen LogP contribution in [0.5, 0.6) is 0 Å². The maximum atomic E-state index is 5.68. The number of nitrogens with zero attached hydrogens (tertiary/aromatic N) is 1. The molecule has 1 aliphatic rings. The van der Waals surface area contributed by atoms with Crippen molar-refractivity contribution in [1.82, 2.24) is 0 Å². The molecule has 0 unspecified atom stereocenters. The fourth-order valence-corrected chi connectivity index (χ4v) is 2.83. The molecule has 2 nitrogen and oxygen atoms in total. The van der Waals surface area contributed by atoms with Crippen molar-refractivity contribution in [3.8, 4) is 0 Å². The summed E-state index contributed by atoms with van der Waals surface area (Å²) < 4.78 is 1.13. The van der Waals surface area contributed by atoms with Gasteiger partial charge in [0.25, 0.3) is 0 Å². The molecule has 1 aromatic rings. The lowest BCUT2D eigenvalue weighted by Crippen LogP contribution is -2.32. The molecule has 0 spiro atoms. The fraction of sp³-hybridized carbons (Fsp3) is 0.571. The first kappa shape index (κ1) is 12.9. The van der Waals surface area contributed by atoms with E-state index < -0.39 is 0 Å². The van der Waals surface area contributed by atoms with Crippen LogP contribution in [0.2, 0.25) is 0 Å². The van der Waals surface area contributed by atoms with Crippen LogP contribution < -0.4 is 10.6 Å². The third-order valence-corrected chi connectivity index (χ3v) is 4.44. The van der Waals surface area contributed by atoms with Crippen molar-refractivity contribution in [1.29, 1.82) is 0 Å². The second-order valence-electron chi connectivity index (χ2n) is 4.82. The third kappa shape index (κ3) is 3.02. The maximum absolute atomic E-state index is 5.68. The summed E-state index contributed by atoms with van der Waals surface area (Å²) >= 11 is 3.60. The molecule has 0 amide bonds. The van der Waals surface area contributed by atoms with E-state index in [-0.39, 0.29) is 0 Å². The molecule has 17 heavy (non-hydrogen) atoms. The summed E-state index contributed by atoms with van der Waals surface area (Å²) in [6.45, 7) is 5.09. The van der Waals surface area contributed by atoms with Gasteiger partial charge in [0.1, 0.15) is 0 Å². The Balaban J connectivity index is 2.09. The second kappa shape index (κ2) is 5.87. The van der Waals surface area contributed by atoms with Crippen molar-refractivity contribution >= 4 is 21.6 Å². The van der Waals surface area contributed by atoms with E-state index in [2.05, 4.69) is 46.0 Å². The van der Waals surface area contributed by atoms with Crippen LogP contribution in [0.15, 0.2) is 22.7 Å². The molecule has 94 valence electrons. The van der Waals surface area contributed by atoms with E-state index >= 15 is 0 Å². The van der Waals surface area contributed by atoms with Gasteiger partial charge in [-0.2, -0.15) is 0 Å². The van der Waals surface area contributed by atoms with Crippen LogP contribution in [-0.2, 0) is 6.54 Å². The predicted molar refractivity (Wildman–Crippen MR) is 77.3 cm³/mol. The topological polar surface area (TPSA) is 29.3 Å². The minimum atomic E-state index is 0.593. The molecule has 3 heteroatoms. The number of benzene rings is 1. The van der Waals surface area contributed by atoms with Crippen LogP contribution >= 0.6 is 15.9 Å². The van der Waals surface area contributed by atoms with Gasteiger partial charge in [0.2, 0.25) is 0 Å². The molecule has 0 aromatic heterocycles. The molecule has 2 rings (SSSR count).